The fourth-order valence-corrected chi connectivity index (χ4v) is 1.47. The second kappa shape index (κ2) is 5.19. The molecule has 0 aromatic carbocycles. The van der Waals surface area contributed by atoms with Crippen molar-refractivity contribution in [3.63, 3.8) is 0 Å². The van der Waals surface area contributed by atoms with Crippen LogP contribution in [0.1, 0.15) is 26.2 Å². The van der Waals surface area contributed by atoms with Gasteiger partial charge in [0.1, 0.15) is 0 Å². The smallest absolute Gasteiger partial charge is 0.237 e. The summed E-state index contributed by atoms with van der Waals surface area (Å²) < 4.78 is 0. The zero-order chi connectivity index (χ0) is 9.68. The number of nitrogens with one attached hydrogen (secondary N) is 2. The van der Waals surface area contributed by atoms with Gasteiger partial charge in [-0.1, -0.05) is 6.92 Å². The van der Waals surface area contributed by atoms with Crippen molar-refractivity contribution in [2.24, 2.45) is 5.73 Å². The van der Waals surface area contributed by atoms with E-state index in [4.69, 9.17) is 5.73 Å². The molecule has 1 aliphatic heterocycles. The largest absolute Gasteiger partial charge is 0.351 e. The summed E-state index contributed by atoms with van der Waals surface area (Å²) in [6.07, 6.45) is 2.90. The number of carbonyl (C=O) groups is 1. The zero-order valence-electron chi connectivity index (χ0n) is 8.18. The summed E-state index contributed by atoms with van der Waals surface area (Å²) in [7, 11) is 0. The van der Waals surface area contributed by atoms with Gasteiger partial charge in [-0.25, -0.2) is 0 Å². The molecule has 2 atom stereocenters. The van der Waals surface area contributed by atoms with Crippen molar-refractivity contribution >= 4 is 5.91 Å². The van der Waals surface area contributed by atoms with Crippen LogP contribution in [0.2, 0.25) is 0 Å². The van der Waals surface area contributed by atoms with E-state index in [1.54, 1.807) is 0 Å². The van der Waals surface area contributed by atoms with E-state index >= 15 is 0 Å². The molecule has 1 saturated heterocycles. The molecule has 0 unspecified atom stereocenters. The SMILES string of the molecule is CC[C@@H](N)C(=O)N[C@H]1CCCNC1. The molecule has 76 valence electrons. The summed E-state index contributed by atoms with van der Waals surface area (Å²) in [6.45, 7) is 3.86. The quantitative estimate of drug-likeness (QED) is 0.560. The number of nitrogens with two attached hydrogens (primary N) is 1. The third-order valence-electron chi connectivity index (χ3n) is 2.42. The highest BCUT2D eigenvalue weighted by Crippen LogP contribution is 2.01. The van der Waals surface area contributed by atoms with Gasteiger partial charge in [-0.15, -0.1) is 0 Å². The normalized spacial score (nSPS) is 25.2. The molecule has 1 amide bonds. The molecule has 13 heavy (non-hydrogen) atoms. The van der Waals surface area contributed by atoms with Crippen LogP contribution in [0, 0.1) is 0 Å². The Morgan fingerprint density at radius 1 is 1.77 bits per heavy atom. The van der Waals surface area contributed by atoms with Crippen LogP contribution in [0.25, 0.3) is 0 Å². The Morgan fingerprint density at radius 2 is 2.54 bits per heavy atom. The summed E-state index contributed by atoms with van der Waals surface area (Å²) >= 11 is 0. The highest BCUT2D eigenvalue weighted by molar-refractivity contribution is 5.81. The molecule has 4 nitrogen and oxygen atoms in total. The minimum Gasteiger partial charge on any atom is -0.351 e. The van der Waals surface area contributed by atoms with Crippen molar-refractivity contribution in [2.45, 2.75) is 38.3 Å². The van der Waals surface area contributed by atoms with Crippen LogP contribution in [-0.4, -0.2) is 31.1 Å². The molecule has 1 aliphatic rings. The van der Waals surface area contributed by atoms with E-state index in [0.717, 1.165) is 25.9 Å². The lowest BCUT2D eigenvalue weighted by atomic mass is 10.1. The Balaban J connectivity index is 2.26. The third kappa shape index (κ3) is 3.32. The van der Waals surface area contributed by atoms with E-state index < -0.39 is 0 Å². The molecular formula is C9H19N3O. The van der Waals surface area contributed by atoms with Crippen molar-refractivity contribution in [1.82, 2.24) is 10.6 Å². The summed E-state index contributed by atoms with van der Waals surface area (Å²) in [5, 5.41) is 6.18. The molecule has 4 heteroatoms. The molecule has 0 spiro atoms. The Bertz CT molecular complexity index is 166. The lowest BCUT2D eigenvalue weighted by Crippen LogP contribution is -2.50. The minimum atomic E-state index is -0.345. The van der Waals surface area contributed by atoms with E-state index in [0.29, 0.717) is 6.42 Å². The van der Waals surface area contributed by atoms with Crippen molar-refractivity contribution in [3.05, 3.63) is 0 Å². The summed E-state index contributed by atoms with van der Waals surface area (Å²) in [4.78, 5) is 11.4. The Kier molecular flexibility index (Phi) is 4.18. The van der Waals surface area contributed by atoms with Crippen molar-refractivity contribution in [3.8, 4) is 0 Å². The molecule has 0 aromatic rings. The maximum atomic E-state index is 11.4. The van der Waals surface area contributed by atoms with Gasteiger partial charge >= 0.3 is 0 Å². The van der Waals surface area contributed by atoms with Gasteiger partial charge in [0, 0.05) is 12.6 Å². The van der Waals surface area contributed by atoms with Crippen molar-refractivity contribution in [1.29, 1.82) is 0 Å². The van der Waals surface area contributed by atoms with Crippen LogP contribution < -0.4 is 16.4 Å². The highest BCUT2D eigenvalue weighted by Gasteiger charge is 2.18. The van der Waals surface area contributed by atoms with E-state index in [1.165, 1.54) is 0 Å². The molecule has 0 radical (unpaired) electrons. The van der Waals surface area contributed by atoms with E-state index in [-0.39, 0.29) is 18.0 Å². The fourth-order valence-electron chi connectivity index (χ4n) is 1.47. The first-order valence-electron chi connectivity index (χ1n) is 5.00. The number of amides is 1. The highest BCUT2D eigenvalue weighted by atomic mass is 16.2. The first-order valence-corrected chi connectivity index (χ1v) is 5.00. The van der Waals surface area contributed by atoms with E-state index in [2.05, 4.69) is 10.6 Å². The predicted molar refractivity (Wildman–Crippen MR) is 52.3 cm³/mol. The monoisotopic (exact) mass is 185 g/mol. The number of rotatable bonds is 3. The van der Waals surface area contributed by atoms with Crippen molar-refractivity contribution < 1.29 is 4.79 Å². The second-order valence-corrected chi connectivity index (χ2v) is 3.57. The average molecular weight is 185 g/mol. The number of hydrogen-bond donors (Lipinski definition) is 3. The van der Waals surface area contributed by atoms with Crippen LogP contribution >= 0.6 is 0 Å². The first kappa shape index (κ1) is 10.5. The lowest BCUT2D eigenvalue weighted by Gasteiger charge is -2.24. The Labute approximate surface area is 79.3 Å². The summed E-state index contributed by atoms with van der Waals surface area (Å²) in [5.41, 5.74) is 5.60. The first-order chi connectivity index (χ1) is 6.24. The Hall–Kier alpha value is -0.610. The van der Waals surface area contributed by atoms with Gasteiger partial charge in [-0.2, -0.15) is 0 Å². The standard InChI is InChI=1S/C9H19N3O/c1-2-8(10)9(13)12-7-4-3-5-11-6-7/h7-8,11H,2-6,10H2,1H3,(H,12,13)/t7-,8+/m0/s1. The molecule has 1 fully saturated rings. The number of carbonyl (C=O) groups excluding carboxylic acids is 1. The zero-order valence-corrected chi connectivity index (χ0v) is 8.18. The molecular weight excluding hydrogens is 166 g/mol. The average Bonchev–Trinajstić information content (AvgIpc) is 2.18. The maximum Gasteiger partial charge on any atom is 0.237 e. The molecule has 4 N–H and O–H groups in total. The van der Waals surface area contributed by atoms with E-state index in [1.807, 2.05) is 6.92 Å². The third-order valence-corrected chi connectivity index (χ3v) is 2.42. The van der Waals surface area contributed by atoms with Crippen molar-refractivity contribution in [2.75, 3.05) is 13.1 Å². The van der Waals surface area contributed by atoms with Crippen LogP contribution in [-0.2, 0) is 4.79 Å². The molecule has 0 bridgehead atoms. The summed E-state index contributed by atoms with van der Waals surface area (Å²) in [6, 6.07) is -0.0687. The molecule has 1 heterocycles. The van der Waals surface area contributed by atoms with E-state index in [9.17, 15) is 4.79 Å². The van der Waals surface area contributed by atoms with Gasteiger partial charge in [-0.05, 0) is 25.8 Å². The number of hydrogen-bond acceptors (Lipinski definition) is 3. The number of piperidine rings is 1. The molecule has 0 aromatic heterocycles. The Morgan fingerprint density at radius 3 is 3.08 bits per heavy atom. The maximum absolute atomic E-state index is 11.4. The fraction of sp³-hybridized carbons (Fsp3) is 0.889. The van der Waals surface area contributed by atoms with Gasteiger partial charge in [0.25, 0.3) is 0 Å². The van der Waals surface area contributed by atoms with Gasteiger partial charge in [0.15, 0.2) is 0 Å². The minimum absolute atomic E-state index is 0.0174. The molecule has 0 aliphatic carbocycles. The topological polar surface area (TPSA) is 67.2 Å². The molecule has 0 saturated carbocycles. The van der Waals surface area contributed by atoms with Crippen LogP contribution in [0.15, 0.2) is 0 Å². The second-order valence-electron chi connectivity index (χ2n) is 3.57. The van der Waals surface area contributed by atoms with Gasteiger partial charge < -0.3 is 16.4 Å². The molecule has 1 rings (SSSR count). The lowest BCUT2D eigenvalue weighted by molar-refractivity contribution is -0.123. The van der Waals surface area contributed by atoms with Gasteiger partial charge in [-0.3, -0.25) is 4.79 Å². The van der Waals surface area contributed by atoms with Crippen LogP contribution in [0.5, 0.6) is 0 Å². The van der Waals surface area contributed by atoms with Crippen LogP contribution in [0.3, 0.4) is 0 Å². The summed E-state index contributed by atoms with van der Waals surface area (Å²) in [5.74, 6) is -0.0174. The van der Waals surface area contributed by atoms with Crippen LogP contribution in [0.4, 0.5) is 0 Å². The van der Waals surface area contributed by atoms with Gasteiger partial charge in [0.05, 0.1) is 6.04 Å². The van der Waals surface area contributed by atoms with Gasteiger partial charge in [0.2, 0.25) is 5.91 Å². The predicted octanol–water partition coefficient (Wildman–Crippen LogP) is -0.408.